The van der Waals surface area contributed by atoms with Crippen LogP contribution in [0.15, 0.2) is 30.6 Å². The molecule has 1 aromatic carbocycles. The van der Waals surface area contributed by atoms with Crippen molar-refractivity contribution in [1.29, 1.82) is 0 Å². The zero-order chi connectivity index (χ0) is 17.8. The molecule has 2 heterocycles. The number of halogens is 1. The molecular formula is C19H23ClN4O. The Morgan fingerprint density at radius 3 is 2.88 bits per heavy atom. The molecule has 1 amide bonds. The maximum absolute atomic E-state index is 12.4. The van der Waals surface area contributed by atoms with Crippen LogP contribution in [0.2, 0.25) is 5.02 Å². The fraction of sp³-hybridized carbons (Fsp3) is 0.421. The lowest BCUT2D eigenvalue weighted by molar-refractivity contribution is 0.102. The van der Waals surface area contributed by atoms with Crippen LogP contribution in [-0.4, -0.2) is 28.5 Å². The normalized spacial score (nSPS) is 17.4. The number of benzene rings is 1. The summed E-state index contributed by atoms with van der Waals surface area (Å²) in [6, 6.07) is 5.93. The van der Waals surface area contributed by atoms with Gasteiger partial charge in [-0.2, -0.15) is 0 Å². The fourth-order valence-electron chi connectivity index (χ4n) is 3.24. The van der Waals surface area contributed by atoms with Crippen molar-refractivity contribution in [3.8, 4) is 0 Å². The molecule has 0 saturated carbocycles. The second-order valence-electron chi connectivity index (χ2n) is 6.38. The smallest absolute Gasteiger partial charge is 0.275 e. The summed E-state index contributed by atoms with van der Waals surface area (Å²) in [5.41, 5.74) is 1.82. The van der Waals surface area contributed by atoms with Gasteiger partial charge in [0, 0.05) is 23.3 Å². The molecule has 0 bridgehead atoms. The Balaban J connectivity index is 1.73. The topological polar surface area (TPSA) is 58.1 Å². The van der Waals surface area contributed by atoms with Gasteiger partial charge in [0.25, 0.3) is 5.91 Å². The van der Waals surface area contributed by atoms with Gasteiger partial charge in [-0.05, 0) is 50.3 Å². The average molecular weight is 359 g/mol. The zero-order valence-electron chi connectivity index (χ0n) is 14.6. The first-order valence-corrected chi connectivity index (χ1v) is 9.13. The Bertz CT molecular complexity index is 748. The highest BCUT2D eigenvalue weighted by Crippen LogP contribution is 2.25. The standard InChI is InChI=1S/C19H23ClN4O/c1-3-14-7-4-5-10-24(14)18-12-21-17(11-22-18)19(25)23-16-9-6-8-15(20)13(16)2/h6,8-9,11-12,14H,3-5,7,10H2,1-2H3,(H,23,25). The van der Waals surface area contributed by atoms with Gasteiger partial charge in [-0.3, -0.25) is 4.79 Å². The molecule has 25 heavy (non-hydrogen) atoms. The van der Waals surface area contributed by atoms with Crippen LogP contribution in [0.4, 0.5) is 11.5 Å². The predicted molar refractivity (Wildman–Crippen MR) is 101 cm³/mol. The number of piperidine rings is 1. The summed E-state index contributed by atoms with van der Waals surface area (Å²) in [4.78, 5) is 23.5. The molecular weight excluding hydrogens is 336 g/mol. The van der Waals surface area contributed by atoms with Crippen molar-refractivity contribution in [2.24, 2.45) is 0 Å². The van der Waals surface area contributed by atoms with E-state index in [4.69, 9.17) is 11.6 Å². The Morgan fingerprint density at radius 1 is 1.32 bits per heavy atom. The lowest BCUT2D eigenvalue weighted by Crippen LogP contribution is -2.39. The van der Waals surface area contributed by atoms with Crippen LogP contribution in [-0.2, 0) is 0 Å². The summed E-state index contributed by atoms with van der Waals surface area (Å²) in [6.07, 6.45) is 7.97. The van der Waals surface area contributed by atoms with Crippen LogP contribution >= 0.6 is 11.6 Å². The fourth-order valence-corrected chi connectivity index (χ4v) is 3.42. The van der Waals surface area contributed by atoms with Crippen molar-refractivity contribution in [3.05, 3.63) is 46.9 Å². The third-order valence-electron chi connectivity index (χ3n) is 4.78. The van der Waals surface area contributed by atoms with E-state index in [9.17, 15) is 4.79 Å². The number of anilines is 2. The van der Waals surface area contributed by atoms with Gasteiger partial charge in [-0.1, -0.05) is 24.6 Å². The molecule has 6 heteroatoms. The van der Waals surface area contributed by atoms with Crippen LogP contribution in [0, 0.1) is 6.92 Å². The van der Waals surface area contributed by atoms with Crippen LogP contribution in [0.25, 0.3) is 0 Å². The summed E-state index contributed by atoms with van der Waals surface area (Å²) < 4.78 is 0. The molecule has 2 aromatic rings. The van der Waals surface area contributed by atoms with E-state index in [1.165, 1.54) is 19.3 Å². The summed E-state index contributed by atoms with van der Waals surface area (Å²) in [5, 5.41) is 3.47. The largest absolute Gasteiger partial charge is 0.352 e. The maximum Gasteiger partial charge on any atom is 0.275 e. The van der Waals surface area contributed by atoms with Crippen LogP contribution in [0.5, 0.6) is 0 Å². The third-order valence-corrected chi connectivity index (χ3v) is 5.19. The molecule has 3 rings (SSSR count). The number of nitrogens with zero attached hydrogens (tertiary/aromatic N) is 3. The van der Waals surface area contributed by atoms with Gasteiger partial charge in [0.1, 0.15) is 11.5 Å². The molecule has 1 N–H and O–H groups in total. The molecule has 1 aromatic heterocycles. The van der Waals surface area contributed by atoms with E-state index >= 15 is 0 Å². The van der Waals surface area contributed by atoms with Crippen LogP contribution in [0.3, 0.4) is 0 Å². The number of aromatic nitrogens is 2. The minimum absolute atomic E-state index is 0.282. The molecule has 1 fully saturated rings. The van der Waals surface area contributed by atoms with Gasteiger partial charge >= 0.3 is 0 Å². The van der Waals surface area contributed by atoms with E-state index < -0.39 is 0 Å². The van der Waals surface area contributed by atoms with Crippen LogP contribution in [0.1, 0.15) is 48.7 Å². The van der Waals surface area contributed by atoms with E-state index in [0.29, 0.717) is 22.4 Å². The monoisotopic (exact) mass is 358 g/mol. The quantitative estimate of drug-likeness (QED) is 0.876. The number of carbonyl (C=O) groups is 1. The lowest BCUT2D eigenvalue weighted by atomic mass is 10.0. The van der Waals surface area contributed by atoms with E-state index in [2.05, 4.69) is 27.1 Å². The van der Waals surface area contributed by atoms with Gasteiger partial charge in [-0.15, -0.1) is 0 Å². The molecule has 1 unspecified atom stereocenters. The third kappa shape index (κ3) is 3.93. The average Bonchev–Trinajstić information content (AvgIpc) is 2.65. The van der Waals surface area contributed by atoms with E-state index in [-0.39, 0.29) is 5.91 Å². The Kier molecular flexibility index (Phi) is 5.53. The number of amides is 1. The van der Waals surface area contributed by atoms with Crippen LogP contribution < -0.4 is 10.2 Å². The van der Waals surface area contributed by atoms with Crippen molar-refractivity contribution in [2.45, 2.75) is 45.6 Å². The molecule has 1 saturated heterocycles. The summed E-state index contributed by atoms with van der Waals surface area (Å²) >= 11 is 6.09. The lowest BCUT2D eigenvalue weighted by Gasteiger charge is -2.35. The number of nitrogens with one attached hydrogen (secondary N) is 1. The number of carbonyl (C=O) groups excluding carboxylic acids is 1. The van der Waals surface area contributed by atoms with E-state index in [1.54, 1.807) is 24.5 Å². The molecule has 0 aliphatic carbocycles. The number of hydrogen-bond acceptors (Lipinski definition) is 4. The second kappa shape index (κ2) is 7.83. The molecule has 0 spiro atoms. The second-order valence-corrected chi connectivity index (χ2v) is 6.78. The zero-order valence-corrected chi connectivity index (χ0v) is 15.4. The molecule has 1 atom stereocenters. The first kappa shape index (κ1) is 17.7. The first-order chi connectivity index (χ1) is 12.1. The van der Waals surface area contributed by atoms with Crippen molar-refractivity contribution in [2.75, 3.05) is 16.8 Å². The highest BCUT2D eigenvalue weighted by atomic mass is 35.5. The molecule has 1 aliphatic rings. The first-order valence-electron chi connectivity index (χ1n) is 8.75. The minimum Gasteiger partial charge on any atom is -0.352 e. The minimum atomic E-state index is -0.282. The Labute approximate surface area is 153 Å². The maximum atomic E-state index is 12.4. The van der Waals surface area contributed by atoms with Gasteiger partial charge < -0.3 is 10.2 Å². The highest BCUT2D eigenvalue weighted by Gasteiger charge is 2.22. The van der Waals surface area contributed by atoms with Crippen molar-refractivity contribution < 1.29 is 4.79 Å². The summed E-state index contributed by atoms with van der Waals surface area (Å²) in [5.74, 6) is 0.567. The number of hydrogen-bond donors (Lipinski definition) is 1. The van der Waals surface area contributed by atoms with Gasteiger partial charge in [0.15, 0.2) is 0 Å². The highest BCUT2D eigenvalue weighted by molar-refractivity contribution is 6.31. The van der Waals surface area contributed by atoms with Crippen molar-refractivity contribution in [1.82, 2.24) is 9.97 Å². The predicted octanol–water partition coefficient (Wildman–Crippen LogP) is 4.46. The molecule has 5 nitrogen and oxygen atoms in total. The Hall–Kier alpha value is -2.14. The van der Waals surface area contributed by atoms with Crippen molar-refractivity contribution >= 4 is 29.0 Å². The molecule has 1 aliphatic heterocycles. The van der Waals surface area contributed by atoms with E-state index in [1.807, 2.05) is 13.0 Å². The van der Waals surface area contributed by atoms with E-state index in [0.717, 1.165) is 24.3 Å². The summed E-state index contributed by atoms with van der Waals surface area (Å²) in [7, 11) is 0. The number of rotatable bonds is 4. The van der Waals surface area contributed by atoms with Gasteiger partial charge in [0.05, 0.1) is 12.4 Å². The summed E-state index contributed by atoms with van der Waals surface area (Å²) in [6.45, 7) is 5.07. The Morgan fingerprint density at radius 2 is 2.16 bits per heavy atom. The van der Waals surface area contributed by atoms with Crippen molar-refractivity contribution in [3.63, 3.8) is 0 Å². The molecule has 132 valence electrons. The van der Waals surface area contributed by atoms with Gasteiger partial charge in [-0.25, -0.2) is 9.97 Å². The molecule has 0 radical (unpaired) electrons. The SMILES string of the molecule is CCC1CCCCN1c1cnc(C(=O)Nc2cccc(Cl)c2C)cn1. The van der Waals surface area contributed by atoms with Gasteiger partial charge in [0.2, 0.25) is 0 Å².